The molecular weight excluding hydrogens is 270 g/mol. The standard InChI is InChI=1S/C15H19N3OS/c1-4-9-16-14(19)10(2)20-15-12-7-5-6-8-13(12)17-11(3)18-15/h5-8,10H,4,9H2,1-3H3,(H,16,19)/t10-/m0/s1. The van der Waals surface area contributed by atoms with Crippen molar-refractivity contribution in [1.29, 1.82) is 0 Å². The van der Waals surface area contributed by atoms with Gasteiger partial charge in [-0.3, -0.25) is 4.79 Å². The Hall–Kier alpha value is -1.62. The van der Waals surface area contributed by atoms with Crippen LogP contribution in [-0.4, -0.2) is 27.7 Å². The van der Waals surface area contributed by atoms with Gasteiger partial charge in [0.05, 0.1) is 10.8 Å². The van der Waals surface area contributed by atoms with Gasteiger partial charge in [-0.25, -0.2) is 9.97 Å². The summed E-state index contributed by atoms with van der Waals surface area (Å²) < 4.78 is 0. The van der Waals surface area contributed by atoms with E-state index in [9.17, 15) is 4.79 Å². The Morgan fingerprint density at radius 2 is 2.10 bits per heavy atom. The molecule has 0 aliphatic heterocycles. The molecule has 5 heteroatoms. The molecule has 2 aromatic rings. The Morgan fingerprint density at radius 3 is 2.85 bits per heavy atom. The number of benzene rings is 1. The van der Waals surface area contributed by atoms with Crippen molar-refractivity contribution in [2.24, 2.45) is 0 Å². The number of amides is 1. The number of carbonyl (C=O) groups excluding carboxylic acids is 1. The first kappa shape index (κ1) is 14.8. The van der Waals surface area contributed by atoms with Crippen LogP contribution in [0.25, 0.3) is 10.9 Å². The molecule has 1 amide bonds. The molecule has 0 aliphatic carbocycles. The number of hydrogen-bond acceptors (Lipinski definition) is 4. The summed E-state index contributed by atoms with van der Waals surface area (Å²) in [5, 5.41) is 4.61. The predicted octanol–water partition coefficient (Wildman–Crippen LogP) is 2.95. The second-order valence-corrected chi connectivity index (χ2v) is 5.97. The number of nitrogens with zero attached hydrogens (tertiary/aromatic N) is 2. The minimum atomic E-state index is -0.167. The lowest BCUT2D eigenvalue weighted by atomic mass is 10.2. The average Bonchev–Trinajstić information content (AvgIpc) is 2.44. The first-order chi connectivity index (χ1) is 9.61. The normalized spacial score (nSPS) is 12.3. The number of thioether (sulfide) groups is 1. The van der Waals surface area contributed by atoms with Crippen molar-refractivity contribution in [3.8, 4) is 0 Å². The number of aryl methyl sites for hydroxylation is 1. The van der Waals surface area contributed by atoms with Crippen LogP contribution in [0.3, 0.4) is 0 Å². The van der Waals surface area contributed by atoms with Crippen LogP contribution in [0, 0.1) is 6.92 Å². The van der Waals surface area contributed by atoms with E-state index >= 15 is 0 Å². The molecule has 1 atom stereocenters. The number of para-hydroxylation sites is 1. The molecular formula is C15H19N3OS. The Morgan fingerprint density at radius 1 is 1.35 bits per heavy atom. The van der Waals surface area contributed by atoms with E-state index in [2.05, 4.69) is 15.3 Å². The van der Waals surface area contributed by atoms with E-state index in [4.69, 9.17) is 0 Å². The predicted molar refractivity (Wildman–Crippen MR) is 82.9 cm³/mol. The third-order valence-corrected chi connectivity index (χ3v) is 3.99. The van der Waals surface area contributed by atoms with Crippen molar-refractivity contribution in [1.82, 2.24) is 15.3 Å². The van der Waals surface area contributed by atoms with Gasteiger partial charge < -0.3 is 5.32 Å². The fourth-order valence-electron chi connectivity index (χ4n) is 1.86. The highest BCUT2D eigenvalue weighted by molar-refractivity contribution is 8.00. The molecule has 0 unspecified atom stereocenters. The lowest BCUT2D eigenvalue weighted by Gasteiger charge is -2.12. The van der Waals surface area contributed by atoms with E-state index < -0.39 is 0 Å². The van der Waals surface area contributed by atoms with Crippen molar-refractivity contribution < 1.29 is 4.79 Å². The highest BCUT2D eigenvalue weighted by Gasteiger charge is 2.16. The molecule has 0 spiro atoms. The third kappa shape index (κ3) is 3.48. The third-order valence-electron chi connectivity index (χ3n) is 2.89. The zero-order valence-corrected chi connectivity index (χ0v) is 12.8. The van der Waals surface area contributed by atoms with E-state index in [0.717, 1.165) is 28.2 Å². The van der Waals surface area contributed by atoms with Crippen molar-refractivity contribution >= 4 is 28.6 Å². The van der Waals surface area contributed by atoms with E-state index in [-0.39, 0.29) is 11.2 Å². The van der Waals surface area contributed by atoms with E-state index in [1.807, 2.05) is 45.0 Å². The highest BCUT2D eigenvalue weighted by atomic mass is 32.2. The summed E-state index contributed by atoms with van der Waals surface area (Å²) >= 11 is 1.48. The number of carbonyl (C=O) groups is 1. The summed E-state index contributed by atoms with van der Waals surface area (Å²) in [7, 11) is 0. The molecule has 4 nitrogen and oxygen atoms in total. The first-order valence-corrected chi connectivity index (χ1v) is 7.67. The van der Waals surface area contributed by atoms with Crippen LogP contribution in [0.2, 0.25) is 0 Å². The maximum atomic E-state index is 12.0. The van der Waals surface area contributed by atoms with Gasteiger partial charge in [-0.1, -0.05) is 36.9 Å². The topological polar surface area (TPSA) is 54.9 Å². The molecule has 0 fully saturated rings. The van der Waals surface area contributed by atoms with Crippen LogP contribution in [0.5, 0.6) is 0 Å². The van der Waals surface area contributed by atoms with Crippen molar-refractivity contribution in [3.63, 3.8) is 0 Å². The average molecular weight is 289 g/mol. The maximum Gasteiger partial charge on any atom is 0.233 e. The summed E-state index contributed by atoms with van der Waals surface area (Å²) in [4.78, 5) is 20.8. The smallest absolute Gasteiger partial charge is 0.233 e. The van der Waals surface area contributed by atoms with Gasteiger partial charge in [0.1, 0.15) is 10.9 Å². The summed E-state index contributed by atoms with van der Waals surface area (Å²) in [5.74, 6) is 0.782. The quantitative estimate of drug-likeness (QED) is 0.679. The van der Waals surface area contributed by atoms with E-state index in [0.29, 0.717) is 6.54 Å². The summed E-state index contributed by atoms with van der Waals surface area (Å²) in [6, 6.07) is 7.89. The molecule has 0 saturated carbocycles. The number of fused-ring (bicyclic) bond motifs is 1. The van der Waals surface area contributed by atoms with E-state index in [1.54, 1.807) is 0 Å². The second kappa shape index (κ2) is 6.70. The van der Waals surface area contributed by atoms with Gasteiger partial charge in [0, 0.05) is 11.9 Å². The monoisotopic (exact) mass is 289 g/mol. The zero-order valence-electron chi connectivity index (χ0n) is 12.0. The lowest BCUT2D eigenvalue weighted by molar-refractivity contribution is -0.120. The summed E-state index contributed by atoms with van der Waals surface area (Å²) in [6.45, 7) is 6.53. The highest BCUT2D eigenvalue weighted by Crippen LogP contribution is 2.28. The maximum absolute atomic E-state index is 12.0. The Bertz CT molecular complexity index is 615. The van der Waals surface area contributed by atoms with Gasteiger partial charge in [0.15, 0.2) is 0 Å². The molecule has 1 N–H and O–H groups in total. The van der Waals surface area contributed by atoms with Gasteiger partial charge in [0.25, 0.3) is 0 Å². The summed E-state index contributed by atoms with van der Waals surface area (Å²) in [5.41, 5.74) is 0.920. The molecule has 20 heavy (non-hydrogen) atoms. The van der Waals surface area contributed by atoms with Gasteiger partial charge in [-0.05, 0) is 26.3 Å². The molecule has 106 valence electrons. The van der Waals surface area contributed by atoms with Gasteiger partial charge in [0.2, 0.25) is 5.91 Å². The zero-order chi connectivity index (χ0) is 14.5. The number of hydrogen-bond donors (Lipinski definition) is 1. The molecule has 0 saturated heterocycles. The van der Waals surface area contributed by atoms with Crippen LogP contribution in [0.4, 0.5) is 0 Å². The Kier molecular flexibility index (Phi) is 4.95. The van der Waals surface area contributed by atoms with Crippen LogP contribution in [0.1, 0.15) is 26.1 Å². The second-order valence-electron chi connectivity index (χ2n) is 4.64. The van der Waals surface area contributed by atoms with E-state index in [1.165, 1.54) is 11.8 Å². The SMILES string of the molecule is CCCNC(=O)[C@H](C)Sc1nc(C)nc2ccccc12. The van der Waals surface area contributed by atoms with Gasteiger partial charge in [-0.2, -0.15) is 0 Å². The van der Waals surface area contributed by atoms with Crippen molar-refractivity contribution in [2.45, 2.75) is 37.5 Å². The molecule has 1 aromatic heterocycles. The van der Waals surface area contributed by atoms with Gasteiger partial charge >= 0.3 is 0 Å². The summed E-state index contributed by atoms with van der Waals surface area (Å²) in [6.07, 6.45) is 0.943. The minimum absolute atomic E-state index is 0.0530. The molecule has 1 aromatic carbocycles. The van der Waals surface area contributed by atoms with Crippen molar-refractivity contribution in [3.05, 3.63) is 30.1 Å². The molecule has 2 rings (SSSR count). The van der Waals surface area contributed by atoms with Crippen molar-refractivity contribution in [2.75, 3.05) is 6.54 Å². The van der Waals surface area contributed by atoms with Crippen LogP contribution in [-0.2, 0) is 4.79 Å². The molecule has 0 radical (unpaired) electrons. The lowest BCUT2D eigenvalue weighted by Crippen LogP contribution is -2.31. The first-order valence-electron chi connectivity index (χ1n) is 6.79. The number of nitrogens with one attached hydrogen (secondary N) is 1. The largest absolute Gasteiger partial charge is 0.355 e. The number of aromatic nitrogens is 2. The molecule has 0 bridgehead atoms. The Labute approximate surface area is 123 Å². The van der Waals surface area contributed by atoms with Crippen LogP contribution < -0.4 is 5.32 Å². The minimum Gasteiger partial charge on any atom is -0.355 e. The fourth-order valence-corrected chi connectivity index (χ4v) is 2.87. The van der Waals surface area contributed by atoms with Crippen LogP contribution in [0.15, 0.2) is 29.3 Å². The number of rotatable bonds is 5. The molecule has 0 aliphatic rings. The fraction of sp³-hybridized carbons (Fsp3) is 0.400. The van der Waals surface area contributed by atoms with Gasteiger partial charge in [-0.15, -0.1) is 0 Å². The van der Waals surface area contributed by atoms with Crippen LogP contribution >= 0.6 is 11.8 Å². The Balaban J connectivity index is 2.22. The molecule has 1 heterocycles.